The Morgan fingerprint density at radius 1 is 1.06 bits per heavy atom. The summed E-state index contributed by atoms with van der Waals surface area (Å²) in [4.78, 5) is 24.5. The zero-order valence-electron chi connectivity index (χ0n) is 17.2. The second-order valence-corrected chi connectivity index (χ2v) is 7.02. The predicted molar refractivity (Wildman–Crippen MR) is 122 cm³/mol. The molecule has 0 saturated carbocycles. The van der Waals surface area contributed by atoms with E-state index in [1.165, 1.54) is 19.3 Å². The van der Waals surface area contributed by atoms with Crippen molar-refractivity contribution >= 4 is 35.2 Å². The van der Waals surface area contributed by atoms with Crippen LogP contribution in [-0.2, 0) is 16.1 Å². The van der Waals surface area contributed by atoms with Crippen molar-refractivity contribution in [2.45, 2.75) is 6.61 Å². The van der Waals surface area contributed by atoms with Crippen molar-refractivity contribution in [3.05, 3.63) is 100 Å². The molecule has 0 aliphatic rings. The molecule has 0 fully saturated rings. The number of rotatable bonds is 7. The minimum atomic E-state index is -0.647. The number of amides is 1. The lowest BCUT2D eigenvalue weighted by molar-refractivity contribution is -0.112. The summed E-state index contributed by atoms with van der Waals surface area (Å²) in [5.74, 6) is -0.676. The van der Waals surface area contributed by atoms with E-state index in [9.17, 15) is 14.9 Å². The number of nitriles is 1. The van der Waals surface area contributed by atoms with Gasteiger partial charge in [0.15, 0.2) is 0 Å². The summed E-state index contributed by atoms with van der Waals surface area (Å²) in [7, 11) is 1.25. The van der Waals surface area contributed by atoms with Crippen LogP contribution in [-0.4, -0.2) is 19.0 Å². The van der Waals surface area contributed by atoms with Crippen molar-refractivity contribution in [3.63, 3.8) is 0 Å². The SMILES string of the molecule is COC(=O)c1ccccc1NC(=O)C(C#N)=Cc1cccc(OCc2ccccc2Cl)c1. The molecule has 0 atom stereocenters. The fourth-order valence-electron chi connectivity index (χ4n) is 2.86. The van der Waals surface area contributed by atoms with Crippen LogP contribution in [0.2, 0.25) is 5.02 Å². The zero-order valence-corrected chi connectivity index (χ0v) is 17.9. The first-order valence-electron chi connectivity index (χ1n) is 9.58. The molecule has 0 saturated heterocycles. The largest absolute Gasteiger partial charge is 0.489 e. The summed E-state index contributed by atoms with van der Waals surface area (Å²) in [6.45, 7) is 0.281. The van der Waals surface area contributed by atoms with Gasteiger partial charge >= 0.3 is 5.97 Å². The topological polar surface area (TPSA) is 88.4 Å². The van der Waals surface area contributed by atoms with Gasteiger partial charge in [0.05, 0.1) is 18.4 Å². The summed E-state index contributed by atoms with van der Waals surface area (Å²) in [5, 5.41) is 12.7. The van der Waals surface area contributed by atoms with Gasteiger partial charge in [-0.1, -0.05) is 54.1 Å². The first-order valence-corrected chi connectivity index (χ1v) is 9.96. The molecule has 0 bridgehead atoms. The molecule has 0 heterocycles. The van der Waals surface area contributed by atoms with Crippen molar-refractivity contribution in [2.75, 3.05) is 12.4 Å². The number of benzene rings is 3. The smallest absolute Gasteiger partial charge is 0.339 e. The number of carbonyl (C=O) groups excluding carboxylic acids is 2. The Balaban J connectivity index is 1.76. The first-order chi connectivity index (χ1) is 15.5. The van der Waals surface area contributed by atoms with Gasteiger partial charge in [-0.2, -0.15) is 5.26 Å². The number of nitrogens with one attached hydrogen (secondary N) is 1. The minimum Gasteiger partial charge on any atom is -0.489 e. The average Bonchev–Trinajstić information content (AvgIpc) is 2.82. The Bertz CT molecular complexity index is 1210. The van der Waals surface area contributed by atoms with Crippen LogP contribution in [0.1, 0.15) is 21.5 Å². The van der Waals surface area contributed by atoms with Crippen molar-refractivity contribution in [1.29, 1.82) is 5.26 Å². The van der Waals surface area contributed by atoms with Gasteiger partial charge in [0.25, 0.3) is 5.91 Å². The third-order valence-corrected chi connectivity index (χ3v) is 4.84. The molecule has 3 aromatic carbocycles. The van der Waals surface area contributed by atoms with Gasteiger partial charge in [0, 0.05) is 10.6 Å². The summed E-state index contributed by atoms with van der Waals surface area (Å²) in [6.07, 6.45) is 1.44. The number of nitrogens with zero attached hydrogens (tertiary/aromatic N) is 1. The van der Waals surface area contributed by atoms with Crippen LogP contribution in [0.4, 0.5) is 5.69 Å². The molecule has 1 amide bonds. The van der Waals surface area contributed by atoms with Crippen LogP contribution in [0.15, 0.2) is 78.4 Å². The zero-order chi connectivity index (χ0) is 22.9. The predicted octanol–water partition coefficient (Wildman–Crippen LogP) is 5.25. The third-order valence-electron chi connectivity index (χ3n) is 4.47. The molecule has 0 aliphatic carbocycles. The Morgan fingerprint density at radius 2 is 1.81 bits per heavy atom. The van der Waals surface area contributed by atoms with Gasteiger partial charge in [-0.15, -0.1) is 0 Å². The van der Waals surface area contributed by atoms with Crippen LogP contribution >= 0.6 is 11.6 Å². The van der Waals surface area contributed by atoms with E-state index in [4.69, 9.17) is 21.1 Å². The molecule has 160 valence electrons. The standard InChI is InChI=1S/C25H19ClN2O4/c1-31-25(30)21-10-3-5-12-23(21)28-24(29)19(15-27)13-17-7-6-9-20(14-17)32-16-18-8-2-4-11-22(18)26/h2-14H,16H2,1H3,(H,28,29). The number of esters is 1. The highest BCUT2D eigenvalue weighted by Gasteiger charge is 2.16. The van der Waals surface area contributed by atoms with Crippen molar-refractivity contribution < 1.29 is 19.1 Å². The number of halogens is 1. The van der Waals surface area contributed by atoms with Crippen molar-refractivity contribution in [1.82, 2.24) is 0 Å². The van der Waals surface area contributed by atoms with Crippen LogP contribution in [0.25, 0.3) is 6.08 Å². The average molecular weight is 447 g/mol. The number of anilines is 1. The number of para-hydroxylation sites is 1. The second-order valence-electron chi connectivity index (χ2n) is 6.61. The van der Waals surface area contributed by atoms with E-state index in [1.54, 1.807) is 48.5 Å². The van der Waals surface area contributed by atoms with Gasteiger partial charge in [-0.25, -0.2) is 4.79 Å². The summed E-state index contributed by atoms with van der Waals surface area (Å²) in [5.41, 5.74) is 1.76. The van der Waals surface area contributed by atoms with Crippen LogP contribution in [0.3, 0.4) is 0 Å². The summed E-state index contributed by atoms with van der Waals surface area (Å²) < 4.78 is 10.5. The molecule has 0 aliphatic heterocycles. The third kappa shape index (κ3) is 5.75. The van der Waals surface area contributed by atoms with E-state index in [2.05, 4.69) is 5.32 Å². The lowest BCUT2D eigenvalue weighted by Gasteiger charge is -2.10. The molecule has 32 heavy (non-hydrogen) atoms. The monoisotopic (exact) mass is 446 g/mol. The molecule has 0 radical (unpaired) electrons. The Labute approximate surface area is 190 Å². The molecule has 0 unspecified atom stereocenters. The van der Waals surface area contributed by atoms with E-state index in [1.807, 2.05) is 24.3 Å². The quantitative estimate of drug-likeness (QED) is 0.304. The lowest BCUT2D eigenvalue weighted by atomic mass is 10.1. The van der Waals surface area contributed by atoms with E-state index in [0.29, 0.717) is 16.3 Å². The fraction of sp³-hybridized carbons (Fsp3) is 0.0800. The van der Waals surface area contributed by atoms with Crippen LogP contribution < -0.4 is 10.1 Å². The highest BCUT2D eigenvalue weighted by Crippen LogP contribution is 2.21. The van der Waals surface area contributed by atoms with Gasteiger partial charge in [-0.3, -0.25) is 4.79 Å². The molecular formula is C25H19ClN2O4. The molecule has 0 spiro atoms. The summed E-state index contributed by atoms with van der Waals surface area (Å²) in [6, 6.07) is 22.7. The Hall–Kier alpha value is -4.08. The lowest BCUT2D eigenvalue weighted by Crippen LogP contribution is -2.16. The number of ether oxygens (including phenoxy) is 2. The fourth-order valence-corrected chi connectivity index (χ4v) is 3.05. The van der Waals surface area contributed by atoms with E-state index < -0.39 is 11.9 Å². The minimum absolute atomic E-state index is 0.132. The maximum Gasteiger partial charge on any atom is 0.339 e. The number of hydrogen-bond acceptors (Lipinski definition) is 5. The number of hydrogen-bond donors (Lipinski definition) is 1. The molecule has 3 aromatic rings. The van der Waals surface area contributed by atoms with E-state index in [0.717, 1.165) is 5.56 Å². The van der Waals surface area contributed by atoms with Crippen molar-refractivity contribution in [2.24, 2.45) is 0 Å². The molecular weight excluding hydrogens is 428 g/mol. The maximum absolute atomic E-state index is 12.6. The van der Waals surface area contributed by atoms with Gasteiger partial charge in [-0.05, 0) is 42.0 Å². The van der Waals surface area contributed by atoms with Crippen LogP contribution in [0.5, 0.6) is 5.75 Å². The molecule has 0 aromatic heterocycles. The molecule has 7 heteroatoms. The van der Waals surface area contributed by atoms with Gasteiger partial charge < -0.3 is 14.8 Å². The first kappa shape index (κ1) is 22.6. The van der Waals surface area contributed by atoms with E-state index in [-0.39, 0.29) is 23.4 Å². The highest BCUT2D eigenvalue weighted by molar-refractivity contribution is 6.31. The van der Waals surface area contributed by atoms with Gasteiger partial charge in [0.1, 0.15) is 24.0 Å². The van der Waals surface area contributed by atoms with Crippen molar-refractivity contribution in [3.8, 4) is 11.8 Å². The summed E-state index contributed by atoms with van der Waals surface area (Å²) >= 11 is 6.15. The second kappa shape index (κ2) is 10.8. The maximum atomic E-state index is 12.6. The Morgan fingerprint density at radius 3 is 2.56 bits per heavy atom. The van der Waals surface area contributed by atoms with Gasteiger partial charge in [0.2, 0.25) is 0 Å². The number of carbonyl (C=O) groups is 2. The highest BCUT2D eigenvalue weighted by atomic mass is 35.5. The normalized spacial score (nSPS) is 10.7. The molecule has 3 rings (SSSR count). The van der Waals surface area contributed by atoms with E-state index >= 15 is 0 Å². The number of methoxy groups -OCH3 is 1. The molecule has 1 N–H and O–H groups in total. The Kier molecular flexibility index (Phi) is 7.63. The van der Waals surface area contributed by atoms with Crippen LogP contribution in [0, 0.1) is 11.3 Å². The molecule has 6 nitrogen and oxygen atoms in total.